The van der Waals surface area contributed by atoms with Crippen LogP contribution in [0.15, 0.2) is 0 Å². The molecule has 3 heteroatoms. The second-order valence-corrected chi connectivity index (χ2v) is 6.25. The van der Waals surface area contributed by atoms with Crippen LogP contribution >= 0.6 is 0 Å². The standard InChI is InChI=1S/C14H26N2O/c1-11-6-5-9-16(11)13(17)14(2,3)12-7-4-8-15-10-12/h11-12,15H,4-10H2,1-3H3. The number of carbonyl (C=O) groups is 1. The summed E-state index contributed by atoms with van der Waals surface area (Å²) in [6.45, 7) is 9.53. The smallest absolute Gasteiger partial charge is 0.228 e. The molecule has 2 heterocycles. The molecule has 0 bridgehead atoms. The lowest BCUT2D eigenvalue weighted by atomic mass is 9.74. The van der Waals surface area contributed by atoms with Crippen molar-refractivity contribution in [2.45, 2.75) is 52.5 Å². The van der Waals surface area contributed by atoms with Crippen molar-refractivity contribution in [2.75, 3.05) is 19.6 Å². The molecule has 2 aliphatic rings. The fraction of sp³-hybridized carbons (Fsp3) is 0.929. The van der Waals surface area contributed by atoms with Gasteiger partial charge in [0.05, 0.1) is 0 Å². The molecule has 0 radical (unpaired) electrons. The molecular formula is C14H26N2O. The molecule has 2 atom stereocenters. The normalized spacial score (nSPS) is 30.6. The molecule has 2 saturated heterocycles. The summed E-state index contributed by atoms with van der Waals surface area (Å²) in [4.78, 5) is 14.8. The Kier molecular flexibility index (Phi) is 3.76. The molecule has 1 amide bonds. The van der Waals surface area contributed by atoms with E-state index in [1.807, 2.05) is 0 Å². The number of likely N-dealkylation sites (tertiary alicyclic amines) is 1. The molecule has 17 heavy (non-hydrogen) atoms. The monoisotopic (exact) mass is 238 g/mol. The van der Waals surface area contributed by atoms with Gasteiger partial charge in [0, 0.05) is 18.0 Å². The fourth-order valence-corrected chi connectivity index (χ4v) is 3.25. The zero-order valence-corrected chi connectivity index (χ0v) is 11.5. The summed E-state index contributed by atoms with van der Waals surface area (Å²) in [6.07, 6.45) is 4.74. The second kappa shape index (κ2) is 4.97. The Bertz CT molecular complexity index is 282. The van der Waals surface area contributed by atoms with Gasteiger partial charge in [-0.25, -0.2) is 0 Å². The molecule has 2 aliphatic heterocycles. The van der Waals surface area contributed by atoms with E-state index in [1.165, 1.54) is 25.7 Å². The lowest BCUT2D eigenvalue weighted by Gasteiger charge is -2.39. The number of piperidine rings is 1. The molecule has 0 aromatic heterocycles. The first kappa shape index (κ1) is 12.9. The minimum atomic E-state index is -0.202. The van der Waals surface area contributed by atoms with Crippen molar-refractivity contribution < 1.29 is 4.79 Å². The number of carbonyl (C=O) groups excluding carboxylic acids is 1. The SMILES string of the molecule is CC1CCCN1C(=O)C(C)(C)C1CCCNC1. The zero-order chi connectivity index (χ0) is 12.5. The molecular weight excluding hydrogens is 212 g/mol. The highest BCUT2D eigenvalue weighted by atomic mass is 16.2. The minimum Gasteiger partial charge on any atom is -0.340 e. The van der Waals surface area contributed by atoms with Gasteiger partial charge >= 0.3 is 0 Å². The van der Waals surface area contributed by atoms with Crippen LogP contribution in [0.4, 0.5) is 0 Å². The van der Waals surface area contributed by atoms with Crippen LogP contribution < -0.4 is 5.32 Å². The summed E-state index contributed by atoms with van der Waals surface area (Å²) in [5.41, 5.74) is -0.202. The summed E-state index contributed by atoms with van der Waals surface area (Å²) < 4.78 is 0. The third-order valence-corrected chi connectivity index (χ3v) is 4.68. The fourth-order valence-electron chi connectivity index (χ4n) is 3.25. The van der Waals surface area contributed by atoms with Crippen molar-refractivity contribution in [3.05, 3.63) is 0 Å². The highest BCUT2D eigenvalue weighted by molar-refractivity contribution is 5.82. The zero-order valence-electron chi connectivity index (χ0n) is 11.5. The van der Waals surface area contributed by atoms with Crippen LogP contribution in [-0.4, -0.2) is 36.5 Å². The molecule has 0 aromatic carbocycles. The molecule has 2 fully saturated rings. The van der Waals surface area contributed by atoms with E-state index in [0.29, 0.717) is 17.9 Å². The van der Waals surface area contributed by atoms with Gasteiger partial charge in [0.1, 0.15) is 0 Å². The highest BCUT2D eigenvalue weighted by Crippen LogP contribution is 2.35. The lowest BCUT2D eigenvalue weighted by molar-refractivity contribution is -0.144. The number of amides is 1. The number of nitrogens with one attached hydrogen (secondary N) is 1. The summed E-state index contributed by atoms with van der Waals surface area (Å²) in [7, 11) is 0. The van der Waals surface area contributed by atoms with Crippen molar-refractivity contribution in [2.24, 2.45) is 11.3 Å². The third kappa shape index (κ3) is 2.49. The first-order chi connectivity index (χ1) is 8.03. The summed E-state index contributed by atoms with van der Waals surface area (Å²) in [5, 5.41) is 3.43. The Hall–Kier alpha value is -0.570. The maximum atomic E-state index is 12.7. The Morgan fingerprint density at radius 1 is 1.29 bits per heavy atom. The number of nitrogens with zero attached hydrogens (tertiary/aromatic N) is 1. The van der Waals surface area contributed by atoms with E-state index in [0.717, 1.165) is 19.6 Å². The molecule has 98 valence electrons. The van der Waals surface area contributed by atoms with Crippen molar-refractivity contribution in [1.29, 1.82) is 0 Å². The van der Waals surface area contributed by atoms with Crippen LogP contribution in [0.3, 0.4) is 0 Å². The van der Waals surface area contributed by atoms with Gasteiger partial charge < -0.3 is 10.2 Å². The van der Waals surface area contributed by atoms with E-state index in [-0.39, 0.29) is 5.41 Å². The van der Waals surface area contributed by atoms with Crippen LogP contribution in [0.2, 0.25) is 0 Å². The van der Waals surface area contributed by atoms with Gasteiger partial charge in [-0.3, -0.25) is 4.79 Å². The summed E-state index contributed by atoms with van der Waals surface area (Å²) in [6, 6.07) is 0.443. The van der Waals surface area contributed by atoms with Gasteiger partial charge in [-0.05, 0) is 51.6 Å². The third-order valence-electron chi connectivity index (χ3n) is 4.68. The Labute approximate surface area is 105 Å². The van der Waals surface area contributed by atoms with E-state index in [1.54, 1.807) is 0 Å². The number of rotatable bonds is 2. The van der Waals surface area contributed by atoms with Gasteiger partial charge in [-0.2, -0.15) is 0 Å². The van der Waals surface area contributed by atoms with Crippen LogP contribution in [0.5, 0.6) is 0 Å². The lowest BCUT2D eigenvalue weighted by Crippen LogP contribution is -2.49. The minimum absolute atomic E-state index is 0.202. The molecule has 3 nitrogen and oxygen atoms in total. The van der Waals surface area contributed by atoms with Crippen molar-refractivity contribution in [1.82, 2.24) is 10.2 Å². The van der Waals surface area contributed by atoms with Crippen LogP contribution in [-0.2, 0) is 4.79 Å². The van der Waals surface area contributed by atoms with Gasteiger partial charge in [-0.15, -0.1) is 0 Å². The Morgan fingerprint density at radius 2 is 2.06 bits per heavy atom. The maximum Gasteiger partial charge on any atom is 0.228 e. The number of hydrogen-bond donors (Lipinski definition) is 1. The largest absolute Gasteiger partial charge is 0.340 e. The van der Waals surface area contributed by atoms with E-state index in [2.05, 4.69) is 31.0 Å². The van der Waals surface area contributed by atoms with Gasteiger partial charge in [0.25, 0.3) is 0 Å². The predicted octanol–water partition coefficient (Wildman–Crippen LogP) is 2.02. The van der Waals surface area contributed by atoms with Gasteiger partial charge in [0.15, 0.2) is 0 Å². The van der Waals surface area contributed by atoms with Gasteiger partial charge in [0.2, 0.25) is 5.91 Å². The Morgan fingerprint density at radius 3 is 2.59 bits per heavy atom. The van der Waals surface area contributed by atoms with Crippen molar-refractivity contribution in [3.63, 3.8) is 0 Å². The summed E-state index contributed by atoms with van der Waals surface area (Å²) in [5.74, 6) is 0.868. The quantitative estimate of drug-likeness (QED) is 0.798. The first-order valence-corrected chi connectivity index (χ1v) is 7.05. The Balaban J connectivity index is 2.05. The predicted molar refractivity (Wildman–Crippen MR) is 69.8 cm³/mol. The molecule has 0 saturated carbocycles. The van der Waals surface area contributed by atoms with Crippen molar-refractivity contribution >= 4 is 5.91 Å². The first-order valence-electron chi connectivity index (χ1n) is 7.05. The van der Waals surface area contributed by atoms with Gasteiger partial charge in [-0.1, -0.05) is 13.8 Å². The highest BCUT2D eigenvalue weighted by Gasteiger charge is 2.41. The second-order valence-electron chi connectivity index (χ2n) is 6.25. The van der Waals surface area contributed by atoms with Crippen LogP contribution in [0, 0.1) is 11.3 Å². The molecule has 2 unspecified atom stereocenters. The average molecular weight is 238 g/mol. The topological polar surface area (TPSA) is 32.3 Å². The van der Waals surface area contributed by atoms with E-state index < -0.39 is 0 Å². The average Bonchev–Trinajstić information content (AvgIpc) is 2.75. The van der Waals surface area contributed by atoms with E-state index >= 15 is 0 Å². The number of hydrogen-bond acceptors (Lipinski definition) is 2. The maximum absolute atomic E-state index is 12.7. The molecule has 0 spiro atoms. The van der Waals surface area contributed by atoms with Crippen molar-refractivity contribution in [3.8, 4) is 0 Å². The van der Waals surface area contributed by atoms with E-state index in [4.69, 9.17) is 0 Å². The summed E-state index contributed by atoms with van der Waals surface area (Å²) >= 11 is 0. The molecule has 1 N–H and O–H groups in total. The molecule has 0 aromatic rings. The van der Waals surface area contributed by atoms with Crippen LogP contribution in [0.25, 0.3) is 0 Å². The van der Waals surface area contributed by atoms with Crippen LogP contribution in [0.1, 0.15) is 46.5 Å². The van der Waals surface area contributed by atoms with E-state index in [9.17, 15) is 4.79 Å². The molecule has 2 rings (SSSR count). The molecule has 0 aliphatic carbocycles.